The average Bonchev–Trinajstić information content (AvgIpc) is 2.97. The topological polar surface area (TPSA) is 59.0 Å². The lowest BCUT2D eigenvalue weighted by molar-refractivity contribution is 0.0696. The van der Waals surface area contributed by atoms with E-state index in [1.165, 1.54) is 5.56 Å². The number of rotatable bonds is 6. The quantitative estimate of drug-likeness (QED) is 0.882. The van der Waals surface area contributed by atoms with Crippen molar-refractivity contribution in [3.63, 3.8) is 0 Å². The van der Waals surface area contributed by atoms with Crippen LogP contribution in [-0.4, -0.2) is 29.7 Å². The zero-order valence-electron chi connectivity index (χ0n) is 13.9. The van der Waals surface area contributed by atoms with Crippen LogP contribution in [0.25, 0.3) is 0 Å². The second-order valence-electron chi connectivity index (χ2n) is 5.85. The van der Waals surface area contributed by atoms with Crippen molar-refractivity contribution in [1.29, 1.82) is 0 Å². The number of nitrogens with zero attached hydrogens (tertiary/aromatic N) is 1. The van der Waals surface area contributed by atoms with E-state index >= 15 is 0 Å². The van der Waals surface area contributed by atoms with E-state index in [1.54, 1.807) is 19.2 Å². The van der Waals surface area contributed by atoms with E-state index in [4.69, 9.17) is 14.6 Å². The number of methoxy groups -OCH3 is 1. The zero-order valence-corrected chi connectivity index (χ0v) is 13.9. The second kappa shape index (κ2) is 6.93. The summed E-state index contributed by atoms with van der Waals surface area (Å²) in [5.74, 6) is 0.603. The molecule has 1 N–H and O–H groups in total. The molecule has 24 heavy (non-hydrogen) atoms. The van der Waals surface area contributed by atoms with E-state index in [0.717, 1.165) is 42.3 Å². The van der Waals surface area contributed by atoms with Gasteiger partial charge in [-0.05, 0) is 47.9 Å². The summed E-state index contributed by atoms with van der Waals surface area (Å²) in [5, 5.41) is 9.11. The van der Waals surface area contributed by atoms with Crippen molar-refractivity contribution >= 4 is 5.97 Å². The maximum Gasteiger partial charge on any atom is 0.335 e. The Morgan fingerprint density at radius 2 is 1.92 bits per heavy atom. The Morgan fingerprint density at radius 1 is 1.12 bits per heavy atom. The summed E-state index contributed by atoms with van der Waals surface area (Å²) in [6.45, 7) is 4.90. The number of hydrogen-bond donors (Lipinski definition) is 1. The summed E-state index contributed by atoms with van der Waals surface area (Å²) in [7, 11) is 1.64. The smallest absolute Gasteiger partial charge is 0.335 e. The van der Waals surface area contributed by atoms with Gasteiger partial charge in [0.15, 0.2) is 11.5 Å². The van der Waals surface area contributed by atoms with Gasteiger partial charge in [-0.25, -0.2) is 4.79 Å². The lowest BCUT2D eigenvalue weighted by Crippen LogP contribution is -2.15. The molecule has 1 aliphatic rings. The van der Waals surface area contributed by atoms with Crippen molar-refractivity contribution in [1.82, 2.24) is 4.90 Å². The molecule has 3 rings (SSSR count). The third kappa shape index (κ3) is 3.36. The molecule has 2 aromatic carbocycles. The van der Waals surface area contributed by atoms with Gasteiger partial charge in [0, 0.05) is 19.6 Å². The first-order valence-corrected chi connectivity index (χ1v) is 7.98. The van der Waals surface area contributed by atoms with Crippen LogP contribution in [0.3, 0.4) is 0 Å². The molecular formula is C19H21NO4. The molecule has 0 fully saturated rings. The number of aromatic carboxylic acids is 1. The van der Waals surface area contributed by atoms with Crippen LogP contribution in [0.1, 0.15) is 34.0 Å². The van der Waals surface area contributed by atoms with Gasteiger partial charge in [0.25, 0.3) is 0 Å². The Kier molecular flexibility index (Phi) is 4.71. The molecule has 0 unspecified atom stereocenters. The van der Waals surface area contributed by atoms with Crippen LogP contribution in [-0.2, 0) is 19.6 Å². The van der Waals surface area contributed by atoms with Crippen LogP contribution in [0.15, 0.2) is 36.4 Å². The van der Waals surface area contributed by atoms with Crippen LogP contribution in [0.4, 0.5) is 0 Å². The zero-order chi connectivity index (χ0) is 17.1. The van der Waals surface area contributed by atoms with Crippen LogP contribution < -0.4 is 9.47 Å². The van der Waals surface area contributed by atoms with Crippen molar-refractivity contribution in [2.75, 3.05) is 13.7 Å². The number of fused-ring (bicyclic) bond motifs is 1. The van der Waals surface area contributed by atoms with Crippen LogP contribution in [0.2, 0.25) is 0 Å². The lowest BCUT2D eigenvalue weighted by Gasteiger charge is -2.16. The molecule has 1 aliphatic heterocycles. The molecule has 126 valence electrons. The summed E-state index contributed by atoms with van der Waals surface area (Å²) in [6.07, 6.45) is 0. The summed E-state index contributed by atoms with van der Waals surface area (Å²) in [5.41, 5.74) is 3.77. The predicted octanol–water partition coefficient (Wildman–Crippen LogP) is 3.31. The number of carboxylic acid groups (broad SMARTS) is 1. The van der Waals surface area contributed by atoms with Gasteiger partial charge in [0.2, 0.25) is 0 Å². The highest BCUT2D eigenvalue weighted by Gasteiger charge is 2.20. The van der Waals surface area contributed by atoms with Crippen molar-refractivity contribution in [3.05, 3.63) is 58.7 Å². The Balaban J connectivity index is 1.72. The van der Waals surface area contributed by atoms with E-state index in [9.17, 15) is 4.79 Å². The number of carbonyl (C=O) groups is 1. The van der Waals surface area contributed by atoms with E-state index < -0.39 is 5.97 Å². The van der Waals surface area contributed by atoms with Crippen LogP contribution in [0.5, 0.6) is 11.5 Å². The second-order valence-corrected chi connectivity index (χ2v) is 5.85. The normalized spacial score (nSPS) is 13.6. The largest absolute Gasteiger partial charge is 0.493 e. The molecule has 0 spiro atoms. The Hall–Kier alpha value is -2.53. The van der Waals surface area contributed by atoms with Gasteiger partial charge in [0.05, 0.1) is 19.3 Å². The Bertz CT molecular complexity index is 757. The minimum absolute atomic E-state index is 0.346. The molecule has 0 atom stereocenters. The molecule has 0 aromatic heterocycles. The molecule has 0 saturated carbocycles. The van der Waals surface area contributed by atoms with Gasteiger partial charge >= 0.3 is 5.97 Å². The van der Waals surface area contributed by atoms with Gasteiger partial charge < -0.3 is 14.6 Å². The highest BCUT2D eigenvalue weighted by Crippen LogP contribution is 2.30. The predicted molar refractivity (Wildman–Crippen MR) is 90.5 cm³/mol. The fraction of sp³-hybridized carbons (Fsp3) is 0.316. The Labute approximate surface area is 141 Å². The van der Waals surface area contributed by atoms with Crippen molar-refractivity contribution in [2.45, 2.75) is 26.6 Å². The molecule has 1 heterocycles. The van der Waals surface area contributed by atoms with E-state index in [0.29, 0.717) is 12.2 Å². The van der Waals surface area contributed by atoms with E-state index in [-0.39, 0.29) is 0 Å². The number of carboxylic acids is 1. The van der Waals surface area contributed by atoms with E-state index in [2.05, 4.69) is 4.90 Å². The van der Waals surface area contributed by atoms with Gasteiger partial charge in [0.1, 0.15) is 0 Å². The maximum atomic E-state index is 11.1. The number of hydrogen-bond acceptors (Lipinski definition) is 4. The van der Waals surface area contributed by atoms with Gasteiger partial charge in [-0.1, -0.05) is 12.1 Å². The number of benzene rings is 2. The minimum atomic E-state index is -0.882. The van der Waals surface area contributed by atoms with Gasteiger partial charge in [-0.3, -0.25) is 4.90 Å². The molecular weight excluding hydrogens is 306 g/mol. The molecule has 0 amide bonds. The standard InChI is InChI=1S/C19H21NO4/c1-3-24-17-7-4-13(8-18(17)23-2)10-20-11-15-6-5-14(19(21)22)9-16(15)12-20/h4-9H,3,10-12H2,1-2H3,(H,21,22). The van der Waals surface area contributed by atoms with Crippen molar-refractivity contribution in [2.24, 2.45) is 0 Å². The first-order valence-electron chi connectivity index (χ1n) is 7.98. The molecule has 2 aromatic rings. The first kappa shape index (κ1) is 16.3. The Morgan fingerprint density at radius 3 is 2.62 bits per heavy atom. The molecule has 0 saturated heterocycles. The molecule has 5 heteroatoms. The average molecular weight is 327 g/mol. The van der Waals surface area contributed by atoms with Crippen LogP contribution >= 0.6 is 0 Å². The summed E-state index contributed by atoms with van der Waals surface area (Å²) < 4.78 is 10.9. The summed E-state index contributed by atoms with van der Waals surface area (Å²) in [4.78, 5) is 13.4. The fourth-order valence-electron chi connectivity index (χ4n) is 3.05. The van der Waals surface area contributed by atoms with Crippen LogP contribution in [0, 0.1) is 0 Å². The summed E-state index contributed by atoms with van der Waals surface area (Å²) >= 11 is 0. The van der Waals surface area contributed by atoms with E-state index in [1.807, 2.05) is 31.2 Å². The lowest BCUT2D eigenvalue weighted by atomic mass is 10.1. The third-order valence-electron chi connectivity index (χ3n) is 4.18. The molecule has 0 aliphatic carbocycles. The first-order chi connectivity index (χ1) is 11.6. The van der Waals surface area contributed by atoms with Gasteiger partial charge in [-0.15, -0.1) is 0 Å². The highest BCUT2D eigenvalue weighted by molar-refractivity contribution is 5.87. The molecule has 0 radical (unpaired) electrons. The highest BCUT2D eigenvalue weighted by atomic mass is 16.5. The SMILES string of the molecule is CCOc1ccc(CN2Cc3ccc(C(=O)O)cc3C2)cc1OC. The molecule has 5 nitrogen and oxygen atoms in total. The minimum Gasteiger partial charge on any atom is -0.493 e. The molecule has 0 bridgehead atoms. The monoisotopic (exact) mass is 327 g/mol. The van der Waals surface area contributed by atoms with Crippen molar-refractivity contribution in [3.8, 4) is 11.5 Å². The van der Waals surface area contributed by atoms with Gasteiger partial charge in [-0.2, -0.15) is 0 Å². The third-order valence-corrected chi connectivity index (χ3v) is 4.18. The fourth-order valence-corrected chi connectivity index (χ4v) is 3.05. The van der Waals surface area contributed by atoms with Crippen molar-refractivity contribution < 1.29 is 19.4 Å². The summed E-state index contributed by atoms with van der Waals surface area (Å²) in [6, 6.07) is 11.3. The number of ether oxygens (including phenoxy) is 2. The maximum absolute atomic E-state index is 11.1.